The third kappa shape index (κ3) is 3.14. The maximum atomic E-state index is 13.4. The molecule has 2 rings (SSSR count). The van der Waals surface area contributed by atoms with Gasteiger partial charge in [0.05, 0.1) is 6.42 Å². The predicted molar refractivity (Wildman–Crippen MR) is 67.6 cm³/mol. The van der Waals surface area contributed by atoms with Crippen LogP contribution in [0.25, 0.3) is 0 Å². The first kappa shape index (κ1) is 14.0. The van der Waals surface area contributed by atoms with Crippen LogP contribution in [0.15, 0.2) is 30.3 Å². The van der Waals surface area contributed by atoms with Crippen molar-refractivity contribution in [2.24, 2.45) is 0 Å². The third-order valence-corrected chi connectivity index (χ3v) is 2.62. The average Bonchev–Trinajstić information content (AvgIpc) is 2.39. The van der Waals surface area contributed by atoms with Crippen LogP contribution >= 0.6 is 0 Å². The summed E-state index contributed by atoms with van der Waals surface area (Å²) in [7, 11) is 0. The molecule has 0 aliphatic carbocycles. The minimum Gasteiger partial charge on any atom is -0.310 e. The molecule has 1 aromatic carbocycles. The van der Waals surface area contributed by atoms with Crippen LogP contribution in [-0.2, 0) is 11.2 Å². The summed E-state index contributed by atoms with van der Waals surface area (Å²) in [6.45, 7) is 1.75. The first-order chi connectivity index (χ1) is 9.47. The largest absolute Gasteiger partial charge is 0.310 e. The average molecular weight is 280 g/mol. The first-order valence-electron chi connectivity index (χ1n) is 5.83. The van der Waals surface area contributed by atoms with Crippen molar-refractivity contribution in [3.05, 3.63) is 59.0 Å². The first-order valence-corrected chi connectivity index (χ1v) is 5.83. The summed E-state index contributed by atoms with van der Waals surface area (Å²) in [5.74, 6) is -4.46. The van der Waals surface area contributed by atoms with Gasteiger partial charge >= 0.3 is 0 Å². The zero-order valence-electron chi connectivity index (χ0n) is 10.6. The number of carbonyl (C=O) groups excluding carboxylic acids is 1. The summed E-state index contributed by atoms with van der Waals surface area (Å²) in [5, 5.41) is 2.46. The van der Waals surface area contributed by atoms with Crippen LogP contribution in [0.4, 0.5) is 19.0 Å². The summed E-state index contributed by atoms with van der Waals surface area (Å²) in [6.07, 6.45) is -0.404. The molecule has 6 heteroatoms. The number of halogens is 3. The van der Waals surface area contributed by atoms with Crippen molar-refractivity contribution in [2.45, 2.75) is 13.3 Å². The molecule has 0 spiro atoms. The van der Waals surface area contributed by atoms with E-state index in [9.17, 15) is 18.0 Å². The van der Waals surface area contributed by atoms with Crippen LogP contribution in [0.2, 0.25) is 0 Å². The van der Waals surface area contributed by atoms with Crippen LogP contribution in [0, 0.1) is 24.4 Å². The smallest absolute Gasteiger partial charge is 0.230 e. The number of benzene rings is 1. The van der Waals surface area contributed by atoms with E-state index in [1.54, 1.807) is 25.1 Å². The van der Waals surface area contributed by atoms with Crippen molar-refractivity contribution >= 4 is 11.7 Å². The van der Waals surface area contributed by atoms with E-state index in [1.807, 2.05) is 0 Å². The second kappa shape index (κ2) is 5.73. The van der Waals surface area contributed by atoms with E-state index in [4.69, 9.17) is 0 Å². The summed E-state index contributed by atoms with van der Waals surface area (Å²) >= 11 is 0. The van der Waals surface area contributed by atoms with Gasteiger partial charge in [-0.05, 0) is 25.1 Å². The normalized spacial score (nSPS) is 10.4. The Hall–Kier alpha value is -2.37. The van der Waals surface area contributed by atoms with Crippen LogP contribution < -0.4 is 5.32 Å². The van der Waals surface area contributed by atoms with Gasteiger partial charge in [-0.2, -0.15) is 0 Å². The summed E-state index contributed by atoms with van der Waals surface area (Å²) in [5.41, 5.74) is 0.496. The van der Waals surface area contributed by atoms with Gasteiger partial charge in [0.25, 0.3) is 0 Å². The number of hydrogen-bond donors (Lipinski definition) is 1. The Bertz CT molecular complexity index is 659. The highest BCUT2D eigenvalue weighted by atomic mass is 19.2. The highest BCUT2D eigenvalue weighted by Crippen LogP contribution is 2.16. The molecular weight excluding hydrogens is 269 g/mol. The third-order valence-electron chi connectivity index (χ3n) is 2.62. The molecule has 1 heterocycles. The number of amides is 1. The van der Waals surface area contributed by atoms with Crippen LogP contribution in [0.5, 0.6) is 0 Å². The number of rotatable bonds is 3. The number of nitrogens with zero attached hydrogens (tertiary/aromatic N) is 1. The van der Waals surface area contributed by atoms with Gasteiger partial charge in [0, 0.05) is 11.3 Å². The fourth-order valence-electron chi connectivity index (χ4n) is 1.68. The van der Waals surface area contributed by atoms with Crippen LogP contribution in [0.3, 0.4) is 0 Å². The zero-order chi connectivity index (χ0) is 14.7. The quantitative estimate of drug-likeness (QED) is 0.878. The fraction of sp³-hybridized carbons (Fsp3) is 0.143. The van der Waals surface area contributed by atoms with E-state index in [2.05, 4.69) is 10.3 Å². The van der Waals surface area contributed by atoms with Crippen molar-refractivity contribution < 1.29 is 18.0 Å². The van der Waals surface area contributed by atoms with E-state index < -0.39 is 29.8 Å². The molecule has 1 amide bonds. The zero-order valence-corrected chi connectivity index (χ0v) is 10.6. The lowest BCUT2D eigenvalue weighted by molar-refractivity contribution is -0.115. The van der Waals surface area contributed by atoms with Crippen molar-refractivity contribution in [3.63, 3.8) is 0 Å². The van der Waals surface area contributed by atoms with Crippen molar-refractivity contribution in [2.75, 3.05) is 5.32 Å². The summed E-state index contributed by atoms with van der Waals surface area (Å²) < 4.78 is 39.2. The van der Waals surface area contributed by atoms with Gasteiger partial charge in [-0.25, -0.2) is 18.2 Å². The Morgan fingerprint density at radius 1 is 1.15 bits per heavy atom. The maximum Gasteiger partial charge on any atom is 0.230 e. The molecule has 0 aliphatic heterocycles. The predicted octanol–water partition coefficient (Wildman–Crippen LogP) is 2.99. The molecule has 1 N–H and O–H groups in total. The van der Waals surface area contributed by atoms with E-state index in [0.29, 0.717) is 11.5 Å². The van der Waals surface area contributed by atoms with Crippen molar-refractivity contribution in [1.82, 2.24) is 4.98 Å². The Labute approximate surface area is 113 Å². The molecule has 0 aliphatic rings. The summed E-state index contributed by atoms with van der Waals surface area (Å²) in [4.78, 5) is 15.8. The van der Waals surface area contributed by atoms with Crippen molar-refractivity contribution in [3.8, 4) is 0 Å². The SMILES string of the molecule is Cc1cccc(NC(=O)Cc2ccc(F)c(F)c2F)n1. The minimum absolute atomic E-state index is 0.214. The molecule has 104 valence electrons. The molecule has 20 heavy (non-hydrogen) atoms. The standard InChI is InChI=1S/C14H11F3N2O/c1-8-3-2-4-11(18-8)19-12(20)7-9-5-6-10(15)14(17)13(9)16/h2-6H,7H2,1H3,(H,18,19,20). The molecule has 2 aromatic rings. The van der Waals surface area contributed by atoms with Gasteiger partial charge in [0.1, 0.15) is 5.82 Å². The van der Waals surface area contributed by atoms with E-state index in [-0.39, 0.29) is 5.56 Å². The van der Waals surface area contributed by atoms with Crippen molar-refractivity contribution in [1.29, 1.82) is 0 Å². The molecular formula is C14H11F3N2O. The molecule has 0 bridgehead atoms. The van der Waals surface area contributed by atoms with Gasteiger partial charge in [-0.15, -0.1) is 0 Å². The number of aryl methyl sites for hydroxylation is 1. The molecule has 3 nitrogen and oxygen atoms in total. The van der Waals surface area contributed by atoms with Gasteiger partial charge in [-0.3, -0.25) is 4.79 Å². The second-order valence-corrected chi connectivity index (χ2v) is 4.22. The van der Waals surface area contributed by atoms with Gasteiger partial charge in [0.2, 0.25) is 5.91 Å². The molecule has 0 atom stereocenters. The molecule has 0 saturated carbocycles. The lowest BCUT2D eigenvalue weighted by Crippen LogP contribution is -2.16. The molecule has 0 saturated heterocycles. The molecule has 0 fully saturated rings. The van der Waals surface area contributed by atoms with E-state index in [1.165, 1.54) is 0 Å². The minimum atomic E-state index is -1.58. The van der Waals surface area contributed by atoms with E-state index in [0.717, 1.165) is 12.1 Å². The highest BCUT2D eigenvalue weighted by molar-refractivity contribution is 5.91. The Balaban J connectivity index is 2.11. The lowest BCUT2D eigenvalue weighted by atomic mass is 10.1. The number of carbonyl (C=O) groups is 1. The number of hydrogen-bond acceptors (Lipinski definition) is 2. The number of pyridine rings is 1. The van der Waals surface area contributed by atoms with Gasteiger partial charge in [0.15, 0.2) is 17.5 Å². The summed E-state index contributed by atoms with van der Waals surface area (Å²) in [6, 6.07) is 6.86. The van der Waals surface area contributed by atoms with Gasteiger partial charge in [-0.1, -0.05) is 12.1 Å². The number of aromatic nitrogens is 1. The molecule has 1 aromatic heterocycles. The highest BCUT2D eigenvalue weighted by Gasteiger charge is 2.15. The molecule has 0 radical (unpaired) electrons. The van der Waals surface area contributed by atoms with Gasteiger partial charge < -0.3 is 5.32 Å². The Morgan fingerprint density at radius 2 is 1.90 bits per heavy atom. The number of anilines is 1. The second-order valence-electron chi connectivity index (χ2n) is 4.22. The number of nitrogens with one attached hydrogen (secondary N) is 1. The Kier molecular flexibility index (Phi) is 4.02. The topological polar surface area (TPSA) is 42.0 Å². The Morgan fingerprint density at radius 3 is 2.60 bits per heavy atom. The van der Waals surface area contributed by atoms with Crippen LogP contribution in [-0.4, -0.2) is 10.9 Å². The lowest BCUT2D eigenvalue weighted by Gasteiger charge is -2.06. The van der Waals surface area contributed by atoms with E-state index >= 15 is 0 Å². The fourth-order valence-corrected chi connectivity index (χ4v) is 1.68. The molecule has 0 unspecified atom stereocenters. The monoisotopic (exact) mass is 280 g/mol. The maximum absolute atomic E-state index is 13.4. The van der Waals surface area contributed by atoms with Crippen LogP contribution in [0.1, 0.15) is 11.3 Å².